The van der Waals surface area contributed by atoms with Crippen LogP contribution in [0.15, 0.2) is 48.8 Å². The first-order valence-electron chi connectivity index (χ1n) is 14.4. The van der Waals surface area contributed by atoms with Gasteiger partial charge in [-0.15, -0.1) is 0 Å². The summed E-state index contributed by atoms with van der Waals surface area (Å²) in [6, 6.07) is 6.97. The maximum atomic E-state index is 13.2. The molecule has 5 atom stereocenters. The van der Waals surface area contributed by atoms with Gasteiger partial charge in [-0.25, -0.2) is 0 Å². The van der Waals surface area contributed by atoms with Crippen LogP contribution in [0.3, 0.4) is 0 Å². The number of carbonyl (C=O) groups excluding carboxylic acids is 5. The van der Waals surface area contributed by atoms with E-state index in [1.54, 1.807) is 47.6 Å². The standard InChI is InChI=1S/C30H38N6O7/c1-18-27(39)34-24(29(41)32-15-21-5-3-11-31-14-21)13-20-7-9-23(10-8-20)43-17-25(38)36-12-4-6-22(16-36)28(40)35-26(19(2)37)30(42)33-18/h3,5,7-11,14,18-19,22,24,26,37H,4,6,12-13,15-17H2,1-2H3,(H,32,41)(H,33,42)(H,34,39)(H,35,40)/t18-,19+,22-,24-,26-/m0/s1. The highest BCUT2D eigenvalue weighted by atomic mass is 16.5. The van der Waals surface area contributed by atoms with Crippen LogP contribution in [0.1, 0.15) is 37.8 Å². The molecule has 1 saturated heterocycles. The number of pyridine rings is 1. The van der Waals surface area contributed by atoms with E-state index >= 15 is 0 Å². The van der Waals surface area contributed by atoms with E-state index in [9.17, 15) is 29.1 Å². The fourth-order valence-electron chi connectivity index (χ4n) is 4.98. The third-order valence-corrected chi connectivity index (χ3v) is 7.51. The highest BCUT2D eigenvalue weighted by Gasteiger charge is 2.34. The highest BCUT2D eigenvalue weighted by molar-refractivity contribution is 5.94. The summed E-state index contributed by atoms with van der Waals surface area (Å²) in [5, 5.41) is 20.9. The topological polar surface area (TPSA) is 179 Å². The number of aliphatic hydroxyl groups excluding tert-OH is 1. The number of benzene rings is 1. The van der Waals surface area contributed by atoms with E-state index in [4.69, 9.17) is 4.74 Å². The minimum absolute atomic E-state index is 0.131. The van der Waals surface area contributed by atoms with Crippen molar-refractivity contribution in [2.24, 2.45) is 5.92 Å². The first-order chi connectivity index (χ1) is 20.6. The Labute approximate surface area is 249 Å². The van der Waals surface area contributed by atoms with Gasteiger partial charge in [0.05, 0.1) is 12.0 Å². The van der Waals surface area contributed by atoms with Gasteiger partial charge < -0.3 is 36.0 Å². The molecule has 4 bridgehead atoms. The number of ether oxygens (including phenoxy) is 1. The summed E-state index contributed by atoms with van der Waals surface area (Å²) in [7, 11) is 0. The lowest BCUT2D eigenvalue weighted by Crippen LogP contribution is -2.59. The van der Waals surface area contributed by atoms with Gasteiger partial charge in [-0.1, -0.05) is 18.2 Å². The van der Waals surface area contributed by atoms with Gasteiger partial charge in [-0.2, -0.15) is 0 Å². The highest BCUT2D eigenvalue weighted by Crippen LogP contribution is 2.19. The number of hydrogen-bond acceptors (Lipinski definition) is 8. The van der Waals surface area contributed by atoms with E-state index in [2.05, 4.69) is 26.3 Å². The molecule has 230 valence electrons. The molecule has 0 saturated carbocycles. The van der Waals surface area contributed by atoms with E-state index in [0.717, 1.165) is 11.1 Å². The second-order valence-electron chi connectivity index (χ2n) is 10.9. The molecule has 13 heteroatoms. The molecule has 13 nitrogen and oxygen atoms in total. The van der Waals surface area contributed by atoms with Crippen molar-refractivity contribution in [1.29, 1.82) is 0 Å². The van der Waals surface area contributed by atoms with Crippen molar-refractivity contribution in [3.05, 3.63) is 59.9 Å². The molecule has 43 heavy (non-hydrogen) atoms. The monoisotopic (exact) mass is 594 g/mol. The quantitative estimate of drug-likeness (QED) is 0.292. The lowest BCUT2D eigenvalue weighted by Gasteiger charge is -2.33. The van der Waals surface area contributed by atoms with Gasteiger partial charge >= 0.3 is 0 Å². The minimum atomic E-state index is -1.33. The largest absolute Gasteiger partial charge is 0.484 e. The molecule has 1 aromatic carbocycles. The summed E-state index contributed by atoms with van der Waals surface area (Å²) in [6.07, 6.45) is 3.21. The molecule has 3 aliphatic rings. The van der Waals surface area contributed by atoms with Gasteiger partial charge in [-0.05, 0) is 56.0 Å². The Morgan fingerprint density at radius 2 is 1.86 bits per heavy atom. The fraction of sp³-hybridized carbons (Fsp3) is 0.467. The van der Waals surface area contributed by atoms with Crippen molar-refractivity contribution in [2.75, 3.05) is 19.7 Å². The average Bonchev–Trinajstić information content (AvgIpc) is 3.01. The van der Waals surface area contributed by atoms with Crippen LogP contribution in [0.25, 0.3) is 0 Å². The summed E-state index contributed by atoms with van der Waals surface area (Å²) < 4.78 is 5.69. The summed E-state index contributed by atoms with van der Waals surface area (Å²) >= 11 is 0. The van der Waals surface area contributed by atoms with Crippen LogP contribution >= 0.6 is 0 Å². The zero-order chi connectivity index (χ0) is 30.9. The molecule has 0 radical (unpaired) electrons. The molecule has 0 aliphatic carbocycles. The Kier molecular flexibility index (Phi) is 10.7. The fourth-order valence-corrected chi connectivity index (χ4v) is 4.98. The molecule has 5 rings (SSSR count). The van der Waals surface area contributed by atoms with E-state index < -0.39 is 53.8 Å². The van der Waals surface area contributed by atoms with Crippen molar-refractivity contribution in [3.8, 4) is 5.75 Å². The average molecular weight is 595 g/mol. The van der Waals surface area contributed by atoms with Gasteiger partial charge in [0.2, 0.25) is 23.6 Å². The lowest BCUT2D eigenvalue weighted by molar-refractivity contribution is -0.140. The molecule has 5 amide bonds. The van der Waals surface area contributed by atoms with Crippen molar-refractivity contribution >= 4 is 29.5 Å². The summed E-state index contributed by atoms with van der Waals surface area (Å²) in [5.74, 6) is -2.71. The maximum absolute atomic E-state index is 13.2. The smallest absolute Gasteiger partial charge is 0.260 e. The SMILES string of the molecule is C[C@@H]1NC(=O)[C@H]([C@@H](C)O)NC(=O)[C@H]2CCCN(C2)C(=O)COc2ccc(cc2)C[C@@H](C(=O)NCc2cccnc2)NC1=O. The zero-order valence-electron chi connectivity index (χ0n) is 24.2. The Morgan fingerprint density at radius 3 is 2.56 bits per heavy atom. The Balaban J connectivity index is 1.56. The predicted molar refractivity (Wildman–Crippen MR) is 154 cm³/mol. The number of amides is 5. The summed E-state index contributed by atoms with van der Waals surface area (Å²) in [6.45, 7) is 3.41. The molecule has 4 heterocycles. The number of fused-ring (bicyclic) bond motifs is 13. The van der Waals surface area contributed by atoms with E-state index in [-0.39, 0.29) is 32.0 Å². The zero-order valence-corrected chi connectivity index (χ0v) is 24.2. The van der Waals surface area contributed by atoms with Crippen molar-refractivity contribution < 1.29 is 33.8 Å². The Bertz CT molecular complexity index is 1300. The molecule has 0 unspecified atom stereocenters. The minimum Gasteiger partial charge on any atom is -0.484 e. The van der Waals surface area contributed by atoms with E-state index in [0.29, 0.717) is 25.1 Å². The van der Waals surface area contributed by atoms with Gasteiger partial charge in [-0.3, -0.25) is 29.0 Å². The first kappa shape index (κ1) is 31.4. The number of aromatic nitrogens is 1. The molecule has 5 N–H and O–H groups in total. The number of hydrogen-bond donors (Lipinski definition) is 5. The number of carbonyl (C=O) groups is 5. The number of piperidine rings is 1. The van der Waals surface area contributed by atoms with Gasteiger partial charge in [0, 0.05) is 38.4 Å². The number of aliphatic hydroxyl groups is 1. The summed E-state index contributed by atoms with van der Waals surface area (Å²) in [4.78, 5) is 71.0. The van der Waals surface area contributed by atoms with E-state index in [1.165, 1.54) is 13.8 Å². The molecule has 3 aliphatic heterocycles. The van der Waals surface area contributed by atoms with Crippen LogP contribution < -0.4 is 26.0 Å². The normalized spacial score (nSPS) is 24.6. The van der Waals surface area contributed by atoms with Crippen LogP contribution in [0, 0.1) is 5.92 Å². The molecular weight excluding hydrogens is 556 g/mol. The lowest BCUT2D eigenvalue weighted by atomic mass is 9.96. The molecule has 2 aromatic rings. The first-order valence-corrected chi connectivity index (χ1v) is 14.4. The molecule has 1 aromatic heterocycles. The van der Waals surface area contributed by atoms with Crippen LogP contribution in [0.2, 0.25) is 0 Å². The van der Waals surface area contributed by atoms with Crippen LogP contribution in [-0.4, -0.2) is 88.5 Å². The Hall–Kier alpha value is -4.52. The second kappa shape index (κ2) is 14.6. The maximum Gasteiger partial charge on any atom is 0.260 e. The van der Waals surface area contributed by atoms with E-state index in [1.807, 2.05) is 6.07 Å². The number of nitrogens with zero attached hydrogens (tertiary/aromatic N) is 2. The van der Waals surface area contributed by atoms with Gasteiger partial charge in [0.25, 0.3) is 5.91 Å². The Morgan fingerprint density at radius 1 is 1.09 bits per heavy atom. The number of nitrogens with one attached hydrogen (secondary N) is 4. The molecule has 1 fully saturated rings. The number of rotatable bonds is 4. The molecular formula is C30H38N6O7. The van der Waals surface area contributed by atoms with Gasteiger partial charge in [0.15, 0.2) is 6.61 Å². The second-order valence-corrected chi connectivity index (χ2v) is 10.9. The molecule has 0 spiro atoms. The van der Waals surface area contributed by atoms with Crippen LogP contribution in [-0.2, 0) is 36.9 Å². The third kappa shape index (κ3) is 8.74. The van der Waals surface area contributed by atoms with Crippen LogP contribution in [0.5, 0.6) is 5.75 Å². The van der Waals surface area contributed by atoms with Gasteiger partial charge in [0.1, 0.15) is 23.9 Å². The summed E-state index contributed by atoms with van der Waals surface area (Å²) in [5.41, 5.74) is 1.50. The van der Waals surface area contributed by atoms with Crippen LogP contribution in [0.4, 0.5) is 0 Å². The third-order valence-electron chi connectivity index (χ3n) is 7.51. The predicted octanol–water partition coefficient (Wildman–Crippen LogP) is -0.573. The van der Waals surface area contributed by atoms with Crippen molar-refractivity contribution in [2.45, 2.75) is 63.9 Å². The van der Waals surface area contributed by atoms with Crippen molar-refractivity contribution in [3.63, 3.8) is 0 Å². The van der Waals surface area contributed by atoms with Crippen molar-refractivity contribution in [1.82, 2.24) is 31.2 Å².